The number of thiophene rings is 1. The summed E-state index contributed by atoms with van der Waals surface area (Å²) in [5.74, 6) is 0.867. The minimum absolute atomic E-state index is 0.374. The molecule has 0 saturated heterocycles. The van der Waals surface area contributed by atoms with E-state index in [1.54, 1.807) is 29.4 Å². The van der Waals surface area contributed by atoms with Crippen LogP contribution in [0.5, 0.6) is 0 Å². The van der Waals surface area contributed by atoms with Crippen LogP contribution in [0.3, 0.4) is 0 Å². The van der Waals surface area contributed by atoms with Crippen molar-refractivity contribution >= 4 is 23.0 Å². The zero-order valence-electron chi connectivity index (χ0n) is 13.6. The largest absolute Gasteiger partial charge is 0.476 e. The van der Waals surface area contributed by atoms with E-state index >= 15 is 0 Å². The Bertz CT molecular complexity index is 864. The Kier molecular flexibility index (Phi) is 4.04. The van der Waals surface area contributed by atoms with Gasteiger partial charge in [0.2, 0.25) is 0 Å². The minimum atomic E-state index is -0.571. The average molecular weight is 338 g/mol. The first-order valence-corrected chi connectivity index (χ1v) is 8.28. The molecule has 1 unspecified atom stereocenters. The number of hydrogen-bond acceptors (Lipinski definition) is 5. The van der Waals surface area contributed by atoms with Crippen molar-refractivity contribution in [3.8, 4) is 11.1 Å². The lowest BCUT2D eigenvalue weighted by Gasteiger charge is -2.21. The molecule has 0 spiro atoms. The van der Waals surface area contributed by atoms with Crippen LogP contribution in [0.4, 0.5) is 5.69 Å². The lowest BCUT2D eigenvalue weighted by atomic mass is 10.00. The molecular weight excluding hydrogens is 320 g/mol. The molecule has 6 heteroatoms. The van der Waals surface area contributed by atoms with Crippen molar-refractivity contribution in [1.82, 2.24) is 4.90 Å². The summed E-state index contributed by atoms with van der Waals surface area (Å²) in [5, 5.41) is 2.07. The van der Waals surface area contributed by atoms with Gasteiger partial charge in [-0.2, -0.15) is 0 Å². The van der Waals surface area contributed by atoms with Crippen LogP contribution in [0.25, 0.3) is 16.0 Å². The second-order valence-electron chi connectivity index (χ2n) is 5.85. The summed E-state index contributed by atoms with van der Waals surface area (Å²) < 4.78 is 5.71. The van der Waals surface area contributed by atoms with Crippen LogP contribution in [-0.2, 0) is 10.3 Å². The van der Waals surface area contributed by atoms with Crippen LogP contribution in [-0.4, -0.2) is 24.5 Å². The van der Waals surface area contributed by atoms with Gasteiger partial charge in [-0.3, -0.25) is 4.90 Å². The van der Waals surface area contributed by atoms with Crippen molar-refractivity contribution < 1.29 is 4.74 Å². The van der Waals surface area contributed by atoms with E-state index in [4.69, 9.17) is 17.0 Å². The third-order valence-electron chi connectivity index (χ3n) is 4.04. The molecule has 1 aliphatic rings. The van der Waals surface area contributed by atoms with Gasteiger partial charge in [-0.1, -0.05) is 18.2 Å². The van der Waals surface area contributed by atoms with E-state index in [0.29, 0.717) is 24.1 Å². The van der Waals surface area contributed by atoms with E-state index < -0.39 is 5.54 Å². The standard InChI is InChI=1S/C18H18N4OS/c1-12-22(4)17(19)21-18(2,11-23-12)16-9-14(10-24-16)13-6-5-7-15(8-13)20-3/h5-10H,1,11H2,2,4H3,(H2,19,21). The van der Waals surface area contributed by atoms with Gasteiger partial charge in [-0.15, -0.1) is 11.3 Å². The minimum Gasteiger partial charge on any atom is -0.476 e. The van der Waals surface area contributed by atoms with E-state index in [1.165, 1.54) is 0 Å². The topological polar surface area (TPSA) is 55.2 Å². The molecule has 1 atom stereocenters. The molecule has 122 valence electrons. The summed E-state index contributed by atoms with van der Waals surface area (Å²) in [6.45, 7) is 13.4. The van der Waals surface area contributed by atoms with Crippen molar-refractivity contribution in [3.05, 3.63) is 64.5 Å². The molecule has 0 amide bonds. The fraction of sp³-hybridized carbons (Fsp3) is 0.222. The van der Waals surface area contributed by atoms with Crippen molar-refractivity contribution in [2.75, 3.05) is 13.7 Å². The molecule has 1 aromatic heterocycles. The van der Waals surface area contributed by atoms with Gasteiger partial charge < -0.3 is 10.5 Å². The highest BCUT2D eigenvalue weighted by molar-refractivity contribution is 7.10. The SMILES string of the molecule is [C-]#[N+]c1cccc(-c2csc(C3(C)COC(=C)N(C)C(N)=N3)c2)c1. The van der Waals surface area contributed by atoms with Crippen LogP contribution in [0.15, 0.2) is 53.2 Å². The van der Waals surface area contributed by atoms with Crippen LogP contribution in [0.1, 0.15) is 11.8 Å². The highest BCUT2D eigenvalue weighted by Crippen LogP contribution is 2.37. The van der Waals surface area contributed by atoms with Gasteiger partial charge in [-0.25, -0.2) is 9.84 Å². The Morgan fingerprint density at radius 3 is 2.96 bits per heavy atom. The van der Waals surface area contributed by atoms with Gasteiger partial charge >= 0.3 is 0 Å². The zero-order chi connectivity index (χ0) is 17.3. The third kappa shape index (κ3) is 2.86. The van der Waals surface area contributed by atoms with Crippen molar-refractivity contribution in [2.24, 2.45) is 10.7 Å². The number of rotatable bonds is 2. The molecular formula is C18H18N4OS. The number of ether oxygens (including phenoxy) is 1. The Morgan fingerprint density at radius 1 is 1.42 bits per heavy atom. The molecule has 1 aliphatic heterocycles. The number of benzene rings is 1. The second-order valence-corrected chi connectivity index (χ2v) is 6.76. The second kappa shape index (κ2) is 6.02. The van der Waals surface area contributed by atoms with Gasteiger partial charge in [0.25, 0.3) is 0 Å². The molecule has 5 nitrogen and oxygen atoms in total. The van der Waals surface area contributed by atoms with Crippen LogP contribution in [0, 0.1) is 6.57 Å². The Labute approximate surface area is 145 Å². The first-order valence-electron chi connectivity index (χ1n) is 7.40. The Morgan fingerprint density at radius 2 is 2.21 bits per heavy atom. The number of nitrogens with two attached hydrogens (primary N) is 1. The van der Waals surface area contributed by atoms with Crippen molar-refractivity contribution in [2.45, 2.75) is 12.5 Å². The smallest absolute Gasteiger partial charge is 0.198 e. The Balaban J connectivity index is 1.98. The first-order chi connectivity index (χ1) is 11.4. The highest BCUT2D eigenvalue weighted by atomic mass is 32.1. The van der Waals surface area contributed by atoms with Crippen molar-refractivity contribution in [3.63, 3.8) is 0 Å². The summed E-state index contributed by atoms with van der Waals surface area (Å²) in [4.78, 5) is 10.8. The molecule has 0 saturated carbocycles. The van der Waals surface area contributed by atoms with E-state index in [0.717, 1.165) is 16.0 Å². The molecule has 1 aromatic carbocycles. The molecule has 0 bridgehead atoms. The Hall–Kier alpha value is -2.78. The quantitative estimate of drug-likeness (QED) is 0.844. The normalized spacial score (nSPS) is 20.8. The van der Waals surface area contributed by atoms with Gasteiger partial charge in [0, 0.05) is 11.9 Å². The maximum atomic E-state index is 7.15. The summed E-state index contributed by atoms with van der Waals surface area (Å²) in [6, 6.07) is 9.67. The van der Waals surface area contributed by atoms with Gasteiger partial charge in [-0.05, 0) is 42.1 Å². The molecule has 0 aliphatic carbocycles. The van der Waals surface area contributed by atoms with Crippen LogP contribution >= 0.6 is 11.3 Å². The molecule has 0 fully saturated rings. The molecule has 24 heavy (non-hydrogen) atoms. The predicted molar refractivity (Wildman–Crippen MR) is 97.8 cm³/mol. The monoisotopic (exact) mass is 338 g/mol. The molecule has 2 aromatic rings. The molecule has 2 N–H and O–H groups in total. The molecule has 0 radical (unpaired) electrons. The van der Waals surface area contributed by atoms with Crippen LogP contribution < -0.4 is 5.73 Å². The number of aliphatic imine (C=N–C) groups is 1. The summed E-state index contributed by atoms with van der Waals surface area (Å²) in [6.07, 6.45) is 0. The fourth-order valence-corrected chi connectivity index (χ4v) is 3.47. The number of nitrogens with zero attached hydrogens (tertiary/aromatic N) is 3. The number of hydrogen-bond donors (Lipinski definition) is 1. The van der Waals surface area contributed by atoms with Gasteiger partial charge in [0.15, 0.2) is 17.5 Å². The van der Waals surface area contributed by atoms with E-state index in [9.17, 15) is 0 Å². The summed E-state index contributed by atoms with van der Waals surface area (Å²) in [5.41, 5.74) is 8.18. The van der Waals surface area contributed by atoms with E-state index in [2.05, 4.69) is 27.9 Å². The third-order valence-corrected chi connectivity index (χ3v) is 5.22. The number of guanidine groups is 1. The summed E-state index contributed by atoms with van der Waals surface area (Å²) in [7, 11) is 1.78. The van der Waals surface area contributed by atoms with E-state index in [1.807, 2.05) is 25.1 Å². The zero-order valence-corrected chi connectivity index (χ0v) is 14.4. The predicted octanol–water partition coefficient (Wildman–Crippen LogP) is 3.93. The lowest BCUT2D eigenvalue weighted by Crippen LogP contribution is -2.33. The maximum absolute atomic E-state index is 7.15. The average Bonchev–Trinajstić information content (AvgIpc) is 3.06. The first kappa shape index (κ1) is 16.1. The van der Waals surface area contributed by atoms with E-state index in [-0.39, 0.29) is 0 Å². The lowest BCUT2D eigenvalue weighted by molar-refractivity contribution is 0.129. The fourth-order valence-electron chi connectivity index (χ4n) is 2.46. The van der Waals surface area contributed by atoms with Gasteiger partial charge in [0.1, 0.15) is 12.1 Å². The van der Waals surface area contributed by atoms with Crippen molar-refractivity contribution in [1.29, 1.82) is 0 Å². The molecule has 2 heterocycles. The summed E-state index contributed by atoms with van der Waals surface area (Å²) >= 11 is 1.61. The van der Waals surface area contributed by atoms with Gasteiger partial charge in [0.05, 0.1) is 6.57 Å². The molecule has 3 rings (SSSR count). The maximum Gasteiger partial charge on any atom is 0.198 e. The highest BCUT2D eigenvalue weighted by Gasteiger charge is 2.33. The van der Waals surface area contributed by atoms with Crippen LogP contribution in [0.2, 0.25) is 0 Å².